The van der Waals surface area contributed by atoms with Crippen LogP contribution < -0.4 is 0 Å². The Labute approximate surface area is 115 Å². The molecule has 0 unspecified atom stereocenters. The van der Waals surface area contributed by atoms with Crippen LogP contribution >= 0.6 is 0 Å². The molecule has 1 heterocycles. The molecule has 0 aromatic heterocycles. The Kier molecular flexibility index (Phi) is 5.14. The molecule has 0 bridgehead atoms. The van der Waals surface area contributed by atoms with Gasteiger partial charge in [-0.2, -0.15) is 0 Å². The third-order valence-electron chi connectivity index (χ3n) is 3.47. The Morgan fingerprint density at radius 1 is 1.42 bits per heavy atom. The lowest BCUT2D eigenvalue weighted by Crippen LogP contribution is -2.34. The second-order valence-electron chi connectivity index (χ2n) is 4.98. The maximum atomic E-state index is 5.96. The fourth-order valence-corrected chi connectivity index (χ4v) is 2.45. The van der Waals surface area contributed by atoms with Crippen molar-refractivity contribution in [3.8, 4) is 0 Å². The molecule has 3 nitrogen and oxygen atoms in total. The quantitative estimate of drug-likeness (QED) is 0.706. The van der Waals surface area contributed by atoms with Crippen LogP contribution in [0.25, 0.3) is 0 Å². The Morgan fingerprint density at radius 3 is 2.84 bits per heavy atom. The number of methoxy groups -OCH3 is 1. The summed E-state index contributed by atoms with van der Waals surface area (Å²) < 4.78 is 17.0. The van der Waals surface area contributed by atoms with Gasteiger partial charge in [-0.3, -0.25) is 0 Å². The molecule has 0 radical (unpaired) electrons. The van der Waals surface area contributed by atoms with E-state index in [1.807, 2.05) is 24.3 Å². The summed E-state index contributed by atoms with van der Waals surface area (Å²) in [5.74, 6) is 0. The average Bonchev–Trinajstić information content (AvgIpc) is 2.84. The highest BCUT2D eigenvalue weighted by molar-refractivity contribution is 5.13. The molecule has 1 aliphatic rings. The summed E-state index contributed by atoms with van der Waals surface area (Å²) >= 11 is 0. The zero-order valence-corrected chi connectivity index (χ0v) is 11.5. The zero-order chi connectivity index (χ0) is 13.6. The lowest BCUT2D eigenvalue weighted by atomic mass is 9.97. The van der Waals surface area contributed by atoms with Crippen molar-refractivity contribution in [3.05, 3.63) is 48.6 Å². The standard InChI is InChI=1S/C16H22O3/c1-3-10-16(11-9-15(17-2)19-16)13-18-12-14-7-5-4-6-8-14/h3-8,15H,1,9-13H2,2H3/t15-,16+/m0/s1. The predicted octanol–water partition coefficient (Wildman–Crippen LogP) is 3.30. The Hall–Kier alpha value is -1.16. The van der Waals surface area contributed by atoms with Gasteiger partial charge in [-0.05, 0) is 18.4 Å². The zero-order valence-electron chi connectivity index (χ0n) is 11.5. The first kappa shape index (κ1) is 14.3. The molecule has 0 saturated carbocycles. The number of hydrogen-bond donors (Lipinski definition) is 0. The second-order valence-corrected chi connectivity index (χ2v) is 4.98. The summed E-state index contributed by atoms with van der Waals surface area (Å²) in [5, 5.41) is 0. The van der Waals surface area contributed by atoms with Crippen molar-refractivity contribution in [2.45, 2.75) is 37.8 Å². The van der Waals surface area contributed by atoms with E-state index in [-0.39, 0.29) is 11.9 Å². The van der Waals surface area contributed by atoms with Crippen LogP contribution in [0.2, 0.25) is 0 Å². The summed E-state index contributed by atoms with van der Waals surface area (Å²) in [4.78, 5) is 0. The monoisotopic (exact) mass is 262 g/mol. The molecule has 2 rings (SSSR count). The van der Waals surface area contributed by atoms with Gasteiger partial charge in [0.1, 0.15) is 0 Å². The van der Waals surface area contributed by atoms with Gasteiger partial charge in [0.15, 0.2) is 6.29 Å². The summed E-state index contributed by atoms with van der Waals surface area (Å²) in [7, 11) is 1.68. The van der Waals surface area contributed by atoms with E-state index in [0.717, 1.165) is 19.3 Å². The van der Waals surface area contributed by atoms with Gasteiger partial charge < -0.3 is 14.2 Å². The van der Waals surface area contributed by atoms with Gasteiger partial charge in [0.05, 0.1) is 18.8 Å². The largest absolute Gasteiger partial charge is 0.374 e. The highest BCUT2D eigenvalue weighted by Gasteiger charge is 2.39. The Balaban J connectivity index is 1.86. The summed E-state index contributed by atoms with van der Waals surface area (Å²) in [5.41, 5.74) is 0.912. The number of ether oxygens (including phenoxy) is 3. The minimum absolute atomic E-state index is 0.111. The number of rotatable bonds is 7. The van der Waals surface area contributed by atoms with Crippen molar-refractivity contribution < 1.29 is 14.2 Å². The minimum Gasteiger partial charge on any atom is -0.374 e. The molecule has 0 aliphatic carbocycles. The summed E-state index contributed by atoms with van der Waals surface area (Å²) in [6.45, 7) is 5.00. The molecule has 1 saturated heterocycles. The normalized spacial score (nSPS) is 26.5. The van der Waals surface area contributed by atoms with E-state index in [2.05, 4.69) is 18.7 Å². The van der Waals surface area contributed by atoms with E-state index in [0.29, 0.717) is 13.2 Å². The molecule has 19 heavy (non-hydrogen) atoms. The van der Waals surface area contributed by atoms with Crippen molar-refractivity contribution >= 4 is 0 Å². The third-order valence-corrected chi connectivity index (χ3v) is 3.47. The van der Waals surface area contributed by atoms with Crippen LogP contribution in [-0.4, -0.2) is 25.6 Å². The van der Waals surface area contributed by atoms with E-state index in [1.165, 1.54) is 5.56 Å². The molecular formula is C16H22O3. The molecule has 1 aliphatic heterocycles. The molecule has 0 N–H and O–H groups in total. The highest BCUT2D eigenvalue weighted by Crippen LogP contribution is 2.34. The lowest BCUT2D eigenvalue weighted by Gasteiger charge is -2.27. The van der Waals surface area contributed by atoms with Crippen molar-refractivity contribution in [1.29, 1.82) is 0 Å². The fraction of sp³-hybridized carbons (Fsp3) is 0.500. The number of hydrogen-bond acceptors (Lipinski definition) is 3. The first-order valence-corrected chi connectivity index (χ1v) is 6.71. The molecule has 1 fully saturated rings. The maximum Gasteiger partial charge on any atom is 0.158 e. The first-order chi connectivity index (χ1) is 9.28. The first-order valence-electron chi connectivity index (χ1n) is 6.71. The molecule has 1 aromatic carbocycles. The van der Waals surface area contributed by atoms with Gasteiger partial charge in [-0.15, -0.1) is 6.58 Å². The molecule has 3 heteroatoms. The van der Waals surface area contributed by atoms with E-state index < -0.39 is 0 Å². The molecule has 1 aromatic rings. The van der Waals surface area contributed by atoms with Crippen LogP contribution in [-0.2, 0) is 20.8 Å². The molecule has 0 amide bonds. The van der Waals surface area contributed by atoms with E-state index >= 15 is 0 Å². The van der Waals surface area contributed by atoms with Gasteiger partial charge in [0, 0.05) is 13.5 Å². The maximum absolute atomic E-state index is 5.96. The van der Waals surface area contributed by atoms with E-state index in [4.69, 9.17) is 14.2 Å². The van der Waals surface area contributed by atoms with Gasteiger partial charge in [0.25, 0.3) is 0 Å². The van der Waals surface area contributed by atoms with Crippen LogP contribution in [0.5, 0.6) is 0 Å². The van der Waals surface area contributed by atoms with E-state index in [9.17, 15) is 0 Å². The molecule has 2 atom stereocenters. The van der Waals surface area contributed by atoms with Crippen LogP contribution in [0.4, 0.5) is 0 Å². The third kappa shape index (κ3) is 3.90. The van der Waals surface area contributed by atoms with Gasteiger partial charge in [-0.1, -0.05) is 36.4 Å². The number of benzene rings is 1. The van der Waals surface area contributed by atoms with Crippen LogP contribution in [0.15, 0.2) is 43.0 Å². The van der Waals surface area contributed by atoms with Gasteiger partial charge in [-0.25, -0.2) is 0 Å². The highest BCUT2D eigenvalue weighted by atomic mass is 16.7. The molecule has 0 spiro atoms. The fourth-order valence-electron chi connectivity index (χ4n) is 2.45. The smallest absolute Gasteiger partial charge is 0.158 e. The van der Waals surface area contributed by atoms with E-state index in [1.54, 1.807) is 7.11 Å². The molecule has 104 valence electrons. The van der Waals surface area contributed by atoms with Gasteiger partial charge >= 0.3 is 0 Å². The Bertz CT molecular complexity index is 390. The Morgan fingerprint density at radius 2 is 2.21 bits per heavy atom. The van der Waals surface area contributed by atoms with Crippen molar-refractivity contribution in [3.63, 3.8) is 0 Å². The van der Waals surface area contributed by atoms with Crippen LogP contribution in [0.3, 0.4) is 0 Å². The second kappa shape index (κ2) is 6.85. The lowest BCUT2D eigenvalue weighted by molar-refractivity contribution is -0.173. The average molecular weight is 262 g/mol. The van der Waals surface area contributed by atoms with Crippen molar-refractivity contribution in [2.24, 2.45) is 0 Å². The van der Waals surface area contributed by atoms with Crippen molar-refractivity contribution in [2.75, 3.05) is 13.7 Å². The molecular weight excluding hydrogens is 240 g/mol. The topological polar surface area (TPSA) is 27.7 Å². The SMILES string of the molecule is C=CC[C@]1(COCc2ccccc2)CC[C@@H](OC)O1. The predicted molar refractivity (Wildman–Crippen MR) is 74.8 cm³/mol. The van der Waals surface area contributed by atoms with Crippen molar-refractivity contribution in [1.82, 2.24) is 0 Å². The summed E-state index contributed by atoms with van der Waals surface area (Å²) in [6.07, 6.45) is 4.44. The summed E-state index contributed by atoms with van der Waals surface area (Å²) in [6, 6.07) is 10.2. The van der Waals surface area contributed by atoms with Crippen LogP contribution in [0, 0.1) is 0 Å². The van der Waals surface area contributed by atoms with Gasteiger partial charge in [0.2, 0.25) is 0 Å². The van der Waals surface area contributed by atoms with Crippen LogP contribution in [0.1, 0.15) is 24.8 Å². The minimum atomic E-state index is -0.267.